The summed E-state index contributed by atoms with van der Waals surface area (Å²) < 4.78 is 19.5. The van der Waals surface area contributed by atoms with Crippen molar-refractivity contribution in [1.82, 2.24) is 0 Å². The van der Waals surface area contributed by atoms with E-state index in [-0.39, 0.29) is 35.4 Å². The van der Waals surface area contributed by atoms with Crippen molar-refractivity contribution < 1.29 is 34.0 Å². The predicted octanol–water partition coefficient (Wildman–Crippen LogP) is 4.08. The third-order valence-electron chi connectivity index (χ3n) is 12.4. The lowest BCUT2D eigenvalue weighted by Crippen LogP contribution is -2.78. The van der Waals surface area contributed by atoms with Gasteiger partial charge in [0.15, 0.2) is 17.7 Å². The molecule has 3 saturated carbocycles. The molecule has 1 saturated heterocycles. The Morgan fingerprint density at radius 3 is 2.55 bits per heavy atom. The van der Waals surface area contributed by atoms with Crippen LogP contribution in [0.25, 0.3) is 0 Å². The second kappa shape index (κ2) is 8.16. The van der Waals surface area contributed by atoms with Gasteiger partial charge >= 0.3 is 5.97 Å². The number of fused-ring (bicyclic) bond motifs is 4. The van der Waals surface area contributed by atoms with Gasteiger partial charge in [0.1, 0.15) is 6.10 Å². The summed E-state index contributed by atoms with van der Waals surface area (Å²) >= 11 is 7.23. The average Bonchev–Trinajstić information content (AvgIpc) is 3.30. The van der Waals surface area contributed by atoms with Gasteiger partial charge in [0, 0.05) is 24.5 Å². The number of esters is 1. The van der Waals surface area contributed by atoms with Gasteiger partial charge in [0.25, 0.3) is 0 Å². The zero-order valence-corrected chi connectivity index (χ0v) is 24.0. The third-order valence-corrected chi connectivity index (χ3v) is 13.2. The first kappa shape index (κ1) is 26.9. The Bertz CT molecular complexity index is 1150. The van der Waals surface area contributed by atoms with Crippen molar-refractivity contribution in [3.05, 3.63) is 23.3 Å². The Kier molecular flexibility index (Phi) is 5.78. The van der Waals surface area contributed by atoms with Gasteiger partial charge in [0.05, 0.1) is 27.4 Å². The summed E-state index contributed by atoms with van der Waals surface area (Å²) in [5.41, 5.74) is -1.58. The van der Waals surface area contributed by atoms with Crippen LogP contribution in [-0.4, -0.2) is 63.1 Å². The third kappa shape index (κ3) is 2.81. The van der Waals surface area contributed by atoms with Gasteiger partial charge in [-0.05, 0) is 75.9 Å². The minimum atomic E-state index is -1.22. The highest BCUT2D eigenvalue weighted by atomic mass is 35.5. The number of halogens is 1. The Balaban J connectivity index is 1.52. The highest BCUT2D eigenvalue weighted by Gasteiger charge is 2.81. The van der Waals surface area contributed by atoms with Crippen LogP contribution in [0.2, 0.25) is 0 Å². The van der Waals surface area contributed by atoms with Crippen LogP contribution in [0.15, 0.2) is 23.3 Å². The molecule has 2 aliphatic heterocycles. The molecule has 210 valence electrons. The molecule has 0 aromatic rings. The largest absolute Gasteiger partial charge is 0.452 e. The summed E-state index contributed by atoms with van der Waals surface area (Å²) in [6.07, 6.45) is 3.85. The van der Waals surface area contributed by atoms with Gasteiger partial charge in [-0.25, -0.2) is 4.79 Å². The number of hydrogen-bond donors (Lipinski definition) is 2. The molecular weight excluding hydrogens is 508 g/mol. The Hall–Kier alpha value is -1.25. The number of allylic oxidation sites excluding steroid dienone is 2. The number of aliphatic hydroxyl groups excluding tert-OH is 1. The zero-order valence-electron chi connectivity index (χ0n) is 23.3. The molecule has 0 amide bonds. The second-order valence-electron chi connectivity index (χ2n) is 13.2. The van der Waals surface area contributed by atoms with Gasteiger partial charge in [-0.2, -0.15) is 0 Å². The van der Waals surface area contributed by atoms with E-state index in [0.717, 1.165) is 12.0 Å². The minimum absolute atomic E-state index is 0.0227. The molecule has 8 heteroatoms. The smallest absolute Gasteiger partial charge is 0.334 e. The molecule has 0 radical (unpaired) electrons. The minimum Gasteiger partial charge on any atom is -0.452 e. The number of alkyl halides is 1. The molecule has 0 spiro atoms. The van der Waals surface area contributed by atoms with Crippen LogP contribution in [0, 0.1) is 34.5 Å². The van der Waals surface area contributed by atoms with Crippen molar-refractivity contribution in [2.45, 2.75) is 108 Å². The molecule has 0 unspecified atom stereocenters. The van der Waals surface area contributed by atoms with E-state index in [1.807, 2.05) is 27.7 Å². The maximum absolute atomic E-state index is 13.7. The zero-order chi connectivity index (χ0) is 27.6. The van der Waals surface area contributed by atoms with Crippen LogP contribution in [-0.2, 0) is 23.8 Å². The Morgan fingerprint density at radius 2 is 1.92 bits per heavy atom. The maximum atomic E-state index is 13.7. The summed E-state index contributed by atoms with van der Waals surface area (Å²) in [6, 6.07) is 0. The van der Waals surface area contributed by atoms with E-state index in [2.05, 4.69) is 6.92 Å². The number of ketones is 1. The molecule has 4 fully saturated rings. The van der Waals surface area contributed by atoms with Crippen LogP contribution in [0.5, 0.6) is 0 Å². The standard InChI is InChI=1S/C30H41ClO7/c1-7-36-30-14-20-18(13-22(33)28(31)11-8-9-21(32)26(20,28)5)19-10-12-29(35,27(19,30)6)17(4)24(38-30)23-15(2)16(3)25(34)37-23/h8-9,17-20,22-24,33,35H,7,10-14H2,1-6H3/t17-,18+,19+,20+,22-,23-,24+,26+,27+,28+,29+,30+/m1/s1. The normalized spacial score (nSPS) is 55.4. The molecular formula is C30H41ClO7. The topological polar surface area (TPSA) is 102 Å². The molecule has 0 aromatic carbocycles. The van der Waals surface area contributed by atoms with Crippen LogP contribution >= 0.6 is 11.6 Å². The van der Waals surface area contributed by atoms with Crippen molar-refractivity contribution in [3.63, 3.8) is 0 Å². The van der Waals surface area contributed by atoms with E-state index in [9.17, 15) is 19.8 Å². The van der Waals surface area contributed by atoms with Crippen molar-refractivity contribution in [2.24, 2.45) is 34.5 Å². The predicted molar refractivity (Wildman–Crippen MR) is 140 cm³/mol. The number of carbonyl (C=O) groups is 2. The van der Waals surface area contributed by atoms with E-state index < -0.39 is 45.4 Å². The molecule has 7 nitrogen and oxygen atoms in total. The monoisotopic (exact) mass is 548 g/mol. The fourth-order valence-corrected chi connectivity index (χ4v) is 10.4. The lowest BCUT2D eigenvalue weighted by molar-refractivity contribution is -0.427. The highest BCUT2D eigenvalue weighted by Crippen LogP contribution is 2.75. The Labute approximate surface area is 229 Å². The maximum Gasteiger partial charge on any atom is 0.334 e. The molecule has 2 N–H and O–H groups in total. The first-order chi connectivity index (χ1) is 17.7. The molecule has 0 aromatic heterocycles. The van der Waals surface area contributed by atoms with Gasteiger partial charge < -0.3 is 24.4 Å². The number of cyclic esters (lactones) is 1. The molecule has 4 aliphatic carbocycles. The van der Waals surface area contributed by atoms with Gasteiger partial charge in [0.2, 0.25) is 0 Å². The number of hydrogen-bond acceptors (Lipinski definition) is 7. The summed E-state index contributed by atoms with van der Waals surface area (Å²) in [5.74, 6) is -2.27. The second-order valence-corrected chi connectivity index (χ2v) is 13.9. The molecule has 12 atom stereocenters. The Morgan fingerprint density at radius 1 is 1.21 bits per heavy atom. The highest BCUT2D eigenvalue weighted by molar-refractivity contribution is 6.28. The lowest BCUT2D eigenvalue weighted by atomic mass is 9.41. The van der Waals surface area contributed by atoms with Crippen molar-refractivity contribution in [2.75, 3.05) is 6.61 Å². The van der Waals surface area contributed by atoms with Crippen LogP contribution in [0.4, 0.5) is 0 Å². The summed E-state index contributed by atoms with van der Waals surface area (Å²) in [4.78, 5) is 25.1. The van der Waals surface area contributed by atoms with E-state index in [1.54, 1.807) is 19.1 Å². The molecule has 0 bridgehead atoms. The van der Waals surface area contributed by atoms with Gasteiger partial charge in [-0.3, -0.25) is 4.79 Å². The van der Waals surface area contributed by atoms with Gasteiger partial charge in [-0.15, -0.1) is 11.6 Å². The first-order valence-electron chi connectivity index (χ1n) is 14.2. The number of rotatable bonds is 3. The van der Waals surface area contributed by atoms with Gasteiger partial charge in [-0.1, -0.05) is 26.8 Å². The van der Waals surface area contributed by atoms with Crippen LogP contribution in [0.1, 0.15) is 73.6 Å². The fourth-order valence-electron chi connectivity index (χ4n) is 9.98. The summed E-state index contributed by atoms with van der Waals surface area (Å²) in [6.45, 7) is 11.9. The SMILES string of the molecule is CCO[C@@]12C[C@H]3[C@@H](C[C@@H](O)[C@@]4(Cl)CC=CC(=O)[C@]34C)[C@@H]3CC[C@](O)([C@H](C)[C@@H]([C@@H]4OC(=O)C(C)=C4C)O1)[C@]32C. The van der Waals surface area contributed by atoms with Crippen LogP contribution in [0.3, 0.4) is 0 Å². The summed E-state index contributed by atoms with van der Waals surface area (Å²) in [7, 11) is 0. The number of aliphatic hydroxyl groups is 2. The van der Waals surface area contributed by atoms with Crippen molar-refractivity contribution in [1.29, 1.82) is 0 Å². The quantitative estimate of drug-likeness (QED) is 0.405. The van der Waals surface area contributed by atoms with E-state index >= 15 is 0 Å². The van der Waals surface area contributed by atoms with Crippen LogP contribution < -0.4 is 0 Å². The summed E-state index contributed by atoms with van der Waals surface area (Å²) in [5, 5.41) is 24.1. The molecule has 6 rings (SSSR count). The average molecular weight is 549 g/mol. The van der Waals surface area contributed by atoms with E-state index in [0.29, 0.717) is 37.9 Å². The molecule has 6 aliphatic rings. The number of carbonyl (C=O) groups excluding carboxylic acids is 2. The first-order valence-corrected chi connectivity index (χ1v) is 14.6. The fraction of sp³-hybridized carbons (Fsp3) is 0.800. The lowest BCUT2D eigenvalue weighted by Gasteiger charge is -2.70. The molecule has 38 heavy (non-hydrogen) atoms. The number of ether oxygens (including phenoxy) is 3. The van der Waals surface area contributed by atoms with E-state index in [1.165, 1.54) is 0 Å². The van der Waals surface area contributed by atoms with Crippen molar-refractivity contribution >= 4 is 23.4 Å². The molecule has 2 heterocycles. The van der Waals surface area contributed by atoms with Crippen molar-refractivity contribution in [3.8, 4) is 0 Å². The van der Waals surface area contributed by atoms with E-state index in [4.69, 9.17) is 25.8 Å².